The molecule has 1 heterocycles. The second-order valence-electron chi connectivity index (χ2n) is 3.62. The summed E-state index contributed by atoms with van der Waals surface area (Å²) < 4.78 is 4.86. The third-order valence-electron chi connectivity index (χ3n) is 2.42. The molecule has 5 nitrogen and oxygen atoms in total. The maximum Gasteiger partial charge on any atom is 0.338 e. The highest BCUT2D eigenvalue weighted by Gasteiger charge is 2.25. The third kappa shape index (κ3) is 2.15. The molecule has 1 aromatic carbocycles. The highest BCUT2D eigenvalue weighted by atomic mass is 16.5. The largest absolute Gasteiger partial charge is 0.462 e. The number of carbonyl (C=O) groups excluding carboxylic acids is 3. The molecule has 1 aromatic rings. The highest BCUT2D eigenvalue weighted by Crippen LogP contribution is 2.20. The van der Waals surface area contributed by atoms with Gasteiger partial charge in [-0.1, -0.05) is 6.07 Å². The zero-order chi connectivity index (χ0) is 13.1. The molecule has 0 radical (unpaired) electrons. The maximum atomic E-state index is 11.5. The number of anilines is 1. The summed E-state index contributed by atoms with van der Waals surface area (Å²) in [6.07, 6.45) is 2.39. The Morgan fingerprint density at radius 1 is 1.22 bits per heavy atom. The van der Waals surface area contributed by atoms with Crippen molar-refractivity contribution in [3.05, 3.63) is 42.0 Å². The van der Waals surface area contributed by atoms with Gasteiger partial charge in [0.25, 0.3) is 11.8 Å². The molecule has 0 fully saturated rings. The topological polar surface area (TPSA) is 63.7 Å². The first kappa shape index (κ1) is 12.0. The maximum absolute atomic E-state index is 11.5. The summed E-state index contributed by atoms with van der Waals surface area (Å²) in [4.78, 5) is 35.5. The number of esters is 1. The predicted octanol–water partition coefficient (Wildman–Crippen LogP) is 1.29. The molecule has 0 unspecified atom stereocenters. The molecule has 1 aliphatic heterocycles. The normalized spacial score (nSPS) is 14.2. The number of carbonyl (C=O) groups is 3. The second kappa shape index (κ2) is 4.83. The van der Waals surface area contributed by atoms with Crippen LogP contribution in [0.4, 0.5) is 5.69 Å². The third-order valence-corrected chi connectivity index (χ3v) is 2.42. The Labute approximate surface area is 104 Å². The van der Waals surface area contributed by atoms with Gasteiger partial charge in [0.05, 0.1) is 17.9 Å². The monoisotopic (exact) mass is 245 g/mol. The van der Waals surface area contributed by atoms with Crippen molar-refractivity contribution in [3.8, 4) is 0 Å². The summed E-state index contributed by atoms with van der Waals surface area (Å²) in [7, 11) is 0. The van der Waals surface area contributed by atoms with Crippen LogP contribution in [-0.2, 0) is 14.3 Å². The molecule has 2 amide bonds. The summed E-state index contributed by atoms with van der Waals surface area (Å²) in [6.45, 7) is 1.98. The van der Waals surface area contributed by atoms with E-state index in [4.69, 9.17) is 4.74 Å². The molecule has 0 aliphatic carbocycles. The van der Waals surface area contributed by atoms with E-state index in [1.165, 1.54) is 18.2 Å². The lowest BCUT2D eigenvalue weighted by Gasteiger charge is -2.14. The molecule has 2 rings (SSSR count). The van der Waals surface area contributed by atoms with Gasteiger partial charge in [0, 0.05) is 12.2 Å². The zero-order valence-corrected chi connectivity index (χ0v) is 9.75. The Kier molecular flexibility index (Phi) is 3.23. The number of imide groups is 1. The minimum Gasteiger partial charge on any atom is -0.462 e. The first-order valence-corrected chi connectivity index (χ1v) is 5.47. The summed E-state index contributed by atoms with van der Waals surface area (Å²) >= 11 is 0. The van der Waals surface area contributed by atoms with Gasteiger partial charge in [-0.3, -0.25) is 9.59 Å². The van der Waals surface area contributed by atoms with Gasteiger partial charge in [0.15, 0.2) is 0 Å². The molecule has 0 aromatic heterocycles. The molecule has 18 heavy (non-hydrogen) atoms. The number of amides is 2. The first-order valence-electron chi connectivity index (χ1n) is 5.47. The van der Waals surface area contributed by atoms with Crippen LogP contribution < -0.4 is 4.90 Å². The SMILES string of the molecule is CCOC(=O)c1cccc(N2C(=O)C=CC2=O)c1. The smallest absolute Gasteiger partial charge is 0.338 e. The van der Waals surface area contributed by atoms with Crippen molar-refractivity contribution in [2.75, 3.05) is 11.5 Å². The number of nitrogens with zero attached hydrogens (tertiary/aromatic N) is 1. The summed E-state index contributed by atoms with van der Waals surface area (Å²) in [5.74, 6) is -1.31. The van der Waals surface area contributed by atoms with E-state index in [-0.39, 0.29) is 6.61 Å². The molecule has 0 spiro atoms. The Bertz CT molecular complexity index is 530. The van der Waals surface area contributed by atoms with Crippen molar-refractivity contribution in [3.63, 3.8) is 0 Å². The highest BCUT2D eigenvalue weighted by molar-refractivity contribution is 6.28. The Morgan fingerprint density at radius 3 is 2.50 bits per heavy atom. The van der Waals surface area contributed by atoms with Crippen LogP contribution in [0.2, 0.25) is 0 Å². The minimum absolute atomic E-state index is 0.270. The number of ether oxygens (including phenoxy) is 1. The van der Waals surface area contributed by atoms with Crippen LogP contribution in [0.15, 0.2) is 36.4 Å². The van der Waals surface area contributed by atoms with Crippen LogP contribution in [-0.4, -0.2) is 24.4 Å². The number of benzene rings is 1. The molecule has 0 N–H and O–H groups in total. The summed E-state index contributed by atoms with van der Waals surface area (Å²) in [5.41, 5.74) is 0.669. The van der Waals surface area contributed by atoms with Crippen molar-refractivity contribution in [2.24, 2.45) is 0 Å². The van der Waals surface area contributed by atoms with Gasteiger partial charge >= 0.3 is 5.97 Å². The average molecular weight is 245 g/mol. The molecule has 0 saturated carbocycles. The average Bonchev–Trinajstić information content (AvgIpc) is 2.69. The molecular weight excluding hydrogens is 234 g/mol. The van der Waals surface area contributed by atoms with Crippen molar-refractivity contribution in [2.45, 2.75) is 6.92 Å². The lowest BCUT2D eigenvalue weighted by Crippen LogP contribution is -2.29. The number of hydrogen-bond acceptors (Lipinski definition) is 4. The quantitative estimate of drug-likeness (QED) is 0.594. The summed E-state index contributed by atoms with van der Waals surface area (Å²) in [5, 5.41) is 0. The van der Waals surface area contributed by atoms with Crippen LogP contribution in [0.5, 0.6) is 0 Å². The molecule has 0 atom stereocenters. The van der Waals surface area contributed by atoms with Crippen molar-refractivity contribution < 1.29 is 19.1 Å². The number of rotatable bonds is 3. The van der Waals surface area contributed by atoms with Gasteiger partial charge in [0.2, 0.25) is 0 Å². The van der Waals surface area contributed by atoms with Gasteiger partial charge in [-0.15, -0.1) is 0 Å². The molecule has 1 aliphatic rings. The van der Waals surface area contributed by atoms with Gasteiger partial charge in [-0.2, -0.15) is 0 Å². The molecular formula is C13H11NO4. The van der Waals surface area contributed by atoms with Crippen LogP contribution in [0, 0.1) is 0 Å². The van der Waals surface area contributed by atoms with Crippen LogP contribution in [0.3, 0.4) is 0 Å². The van der Waals surface area contributed by atoms with E-state index in [0.29, 0.717) is 11.3 Å². The van der Waals surface area contributed by atoms with E-state index in [1.807, 2.05) is 0 Å². The van der Waals surface area contributed by atoms with Crippen LogP contribution in [0.1, 0.15) is 17.3 Å². The predicted molar refractivity (Wildman–Crippen MR) is 64.0 cm³/mol. The molecule has 0 bridgehead atoms. The van der Waals surface area contributed by atoms with E-state index < -0.39 is 17.8 Å². The fraction of sp³-hybridized carbons (Fsp3) is 0.154. The van der Waals surface area contributed by atoms with Gasteiger partial charge in [-0.25, -0.2) is 9.69 Å². The van der Waals surface area contributed by atoms with E-state index >= 15 is 0 Å². The van der Waals surface area contributed by atoms with Gasteiger partial charge < -0.3 is 4.74 Å². The van der Waals surface area contributed by atoms with Crippen molar-refractivity contribution in [1.82, 2.24) is 0 Å². The Hall–Kier alpha value is -2.43. The van der Waals surface area contributed by atoms with E-state index in [0.717, 1.165) is 4.90 Å². The lowest BCUT2D eigenvalue weighted by atomic mass is 10.2. The van der Waals surface area contributed by atoms with Gasteiger partial charge in [-0.05, 0) is 25.1 Å². The van der Waals surface area contributed by atoms with E-state index in [2.05, 4.69) is 0 Å². The second-order valence-corrected chi connectivity index (χ2v) is 3.62. The fourth-order valence-electron chi connectivity index (χ4n) is 1.64. The lowest BCUT2D eigenvalue weighted by molar-refractivity contribution is -0.119. The van der Waals surface area contributed by atoms with E-state index in [1.54, 1.807) is 25.1 Å². The fourth-order valence-corrected chi connectivity index (χ4v) is 1.64. The van der Waals surface area contributed by atoms with Gasteiger partial charge in [0.1, 0.15) is 0 Å². The number of hydrogen-bond donors (Lipinski definition) is 0. The minimum atomic E-state index is -0.480. The molecule has 0 saturated heterocycles. The van der Waals surface area contributed by atoms with Crippen LogP contribution >= 0.6 is 0 Å². The Balaban J connectivity index is 2.30. The molecule has 5 heteroatoms. The van der Waals surface area contributed by atoms with Crippen LogP contribution in [0.25, 0.3) is 0 Å². The Morgan fingerprint density at radius 2 is 1.89 bits per heavy atom. The molecule has 92 valence electrons. The van der Waals surface area contributed by atoms with Crippen molar-refractivity contribution in [1.29, 1.82) is 0 Å². The van der Waals surface area contributed by atoms with Crippen molar-refractivity contribution >= 4 is 23.5 Å². The zero-order valence-electron chi connectivity index (χ0n) is 9.75. The first-order chi connectivity index (χ1) is 8.63. The standard InChI is InChI=1S/C13H11NO4/c1-2-18-13(17)9-4-3-5-10(8-9)14-11(15)6-7-12(14)16/h3-8H,2H2,1H3. The van der Waals surface area contributed by atoms with E-state index in [9.17, 15) is 14.4 Å². The summed E-state index contributed by atoms with van der Waals surface area (Å²) in [6, 6.07) is 6.22.